The molecule has 0 aliphatic heterocycles. The van der Waals surface area contributed by atoms with Gasteiger partial charge in [0.1, 0.15) is 6.20 Å². The molecule has 0 bridgehead atoms. The Morgan fingerprint density at radius 3 is 2.89 bits per heavy atom. The SMILES string of the molecule is CS[C@H]1CCCC[C@@H]1Nc1ncc([N+](=O)[O-])c(N)n1. The zero-order valence-corrected chi connectivity index (χ0v) is 11.5. The van der Waals surface area contributed by atoms with E-state index in [1.54, 1.807) is 0 Å². The number of nitro groups is 1. The normalized spacial score (nSPS) is 23.0. The summed E-state index contributed by atoms with van der Waals surface area (Å²) in [6.07, 6.45) is 7.90. The van der Waals surface area contributed by atoms with Crippen molar-refractivity contribution in [2.45, 2.75) is 37.0 Å². The van der Waals surface area contributed by atoms with Crippen LogP contribution in [0.5, 0.6) is 0 Å². The van der Waals surface area contributed by atoms with Crippen LogP contribution in [0.2, 0.25) is 0 Å². The van der Waals surface area contributed by atoms with Crippen molar-refractivity contribution in [3.63, 3.8) is 0 Å². The molecule has 0 radical (unpaired) electrons. The van der Waals surface area contributed by atoms with Crippen molar-refractivity contribution in [1.82, 2.24) is 9.97 Å². The van der Waals surface area contributed by atoms with Crippen molar-refractivity contribution in [2.75, 3.05) is 17.3 Å². The monoisotopic (exact) mass is 283 g/mol. The van der Waals surface area contributed by atoms with E-state index in [2.05, 4.69) is 21.5 Å². The summed E-state index contributed by atoms with van der Waals surface area (Å²) in [6, 6.07) is 0.296. The van der Waals surface area contributed by atoms with Gasteiger partial charge in [-0.15, -0.1) is 0 Å². The van der Waals surface area contributed by atoms with Gasteiger partial charge in [0.2, 0.25) is 11.8 Å². The number of rotatable bonds is 4. The number of hydrogen-bond acceptors (Lipinski definition) is 7. The number of anilines is 2. The van der Waals surface area contributed by atoms with E-state index in [4.69, 9.17) is 5.73 Å². The molecule has 7 nitrogen and oxygen atoms in total. The van der Waals surface area contributed by atoms with Gasteiger partial charge in [0, 0.05) is 11.3 Å². The molecule has 0 unspecified atom stereocenters. The molecule has 8 heteroatoms. The lowest BCUT2D eigenvalue weighted by Gasteiger charge is -2.30. The zero-order valence-electron chi connectivity index (χ0n) is 10.7. The largest absolute Gasteiger partial charge is 0.378 e. The summed E-state index contributed by atoms with van der Waals surface area (Å²) in [5, 5.41) is 14.4. The number of nitrogens with two attached hydrogens (primary N) is 1. The standard InChI is InChI=1S/C11H17N5O2S/c1-19-9-5-3-2-4-7(9)14-11-13-6-8(16(17)18)10(12)15-11/h6-7,9H,2-5H2,1H3,(H3,12,13,14,15)/t7-,9-/m0/s1. The second kappa shape index (κ2) is 6.05. The summed E-state index contributed by atoms with van der Waals surface area (Å²) in [4.78, 5) is 18.0. The smallest absolute Gasteiger partial charge is 0.329 e. The summed E-state index contributed by atoms with van der Waals surface area (Å²) in [5.41, 5.74) is 5.30. The minimum Gasteiger partial charge on any atom is -0.378 e. The average molecular weight is 283 g/mol. The molecule has 0 aromatic carbocycles. The van der Waals surface area contributed by atoms with Crippen LogP contribution in [-0.4, -0.2) is 32.4 Å². The topological polar surface area (TPSA) is 107 Å². The molecule has 19 heavy (non-hydrogen) atoms. The predicted molar refractivity (Wildman–Crippen MR) is 76.3 cm³/mol. The van der Waals surface area contributed by atoms with Crippen LogP contribution in [0.1, 0.15) is 25.7 Å². The van der Waals surface area contributed by atoms with Crippen LogP contribution in [0.25, 0.3) is 0 Å². The van der Waals surface area contributed by atoms with E-state index >= 15 is 0 Å². The third-order valence-corrected chi connectivity index (χ3v) is 4.48. The molecule has 1 aromatic rings. The molecular weight excluding hydrogens is 266 g/mol. The maximum atomic E-state index is 10.6. The van der Waals surface area contributed by atoms with Crippen molar-refractivity contribution < 1.29 is 4.92 Å². The highest BCUT2D eigenvalue weighted by Gasteiger charge is 2.25. The quantitative estimate of drug-likeness (QED) is 0.643. The van der Waals surface area contributed by atoms with Crippen LogP contribution in [0.15, 0.2) is 6.20 Å². The highest BCUT2D eigenvalue weighted by molar-refractivity contribution is 7.99. The van der Waals surface area contributed by atoms with Crippen molar-refractivity contribution in [1.29, 1.82) is 0 Å². The first kappa shape index (κ1) is 13.9. The van der Waals surface area contributed by atoms with Gasteiger partial charge in [-0.3, -0.25) is 10.1 Å². The molecular formula is C11H17N5O2S. The third-order valence-electron chi connectivity index (χ3n) is 3.31. The van der Waals surface area contributed by atoms with Crippen LogP contribution in [0, 0.1) is 10.1 Å². The van der Waals surface area contributed by atoms with Crippen LogP contribution in [-0.2, 0) is 0 Å². The molecule has 104 valence electrons. The third kappa shape index (κ3) is 3.25. The van der Waals surface area contributed by atoms with E-state index in [0.717, 1.165) is 12.6 Å². The number of nitrogens with one attached hydrogen (secondary N) is 1. The Labute approximate surface area is 115 Å². The van der Waals surface area contributed by atoms with E-state index in [1.807, 2.05) is 11.8 Å². The Morgan fingerprint density at radius 1 is 1.53 bits per heavy atom. The van der Waals surface area contributed by atoms with Gasteiger partial charge in [0.15, 0.2) is 0 Å². The van der Waals surface area contributed by atoms with Crippen LogP contribution in [0.3, 0.4) is 0 Å². The Balaban J connectivity index is 2.10. The summed E-state index contributed by atoms with van der Waals surface area (Å²) < 4.78 is 0. The first-order chi connectivity index (χ1) is 9.11. The van der Waals surface area contributed by atoms with Gasteiger partial charge in [-0.2, -0.15) is 16.7 Å². The highest BCUT2D eigenvalue weighted by atomic mass is 32.2. The summed E-state index contributed by atoms with van der Waals surface area (Å²) in [5.74, 6) is 0.271. The van der Waals surface area contributed by atoms with Crippen molar-refractivity contribution in [3.8, 4) is 0 Å². The summed E-state index contributed by atoms with van der Waals surface area (Å²) in [6.45, 7) is 0. The molecule has 3 N–H and O–H groups in total. The molecule has 1 aromatic heterocycles. The number of thioether (sulfide) groups is 1. The molecule has 0 amide bonds. The lowest BCUT2D eigenvalue weighted by atomic mass is 9.95. The predicted octanol–water partition coefficient (Wildman–Crippen LogP) is 2.05. The van der Waals surface area contributed by atoms with E-state index in [9.17, 15) is 10.1 Å². The lowest BCUT2D eigenvalue weighted by Crippen LogP contribution is -2.34. The molecule has 0 saturated heterocycles. The molecule has 1 saturated carbocycles. The van der Waals surface area contributed by atoms with Crippen LogP contribution >= 0.6 is 11.8 Å². The molecule has 0 spiro atoms. The molecule has 1 fully saturated rings. The Kier molecular flexibility index (Phi) is 4.41. The van der Waals surface area contributed by atoms with E-state index in [-0.39, 0.29) is 11.5 Å². The first-order valence-electron chi connectivity index (χ1n) is 6.18. The van der Waals surface area contributed by atoms with Gasteiger partial charge >= 0.3 is 5.69 Å². The number of hydrogen-bond donors (Lipinski definition) is 2. The fourth-order valence-electron chi connectivity index (χ4n) is 2.31. The summed E-state index contributed by atoms with van der Waals surface area (Å²) >= 11 is 1.83. The van der Waals surface area contributed by atoms with Gasteiger partial charge in [-0.25, -0.2) is 4.98 Å². The Morgan fingerprint density at radius 2 is 2.26 bits per heavy atom. The summed E-state index contributed by atoms with van der Waals surface area (Å²) in [7, 11) is 0. The van der Waals surface area contributed by atoms with E-state index in [0.29, 0.717) is 17.2 Å². The van der Waals surface area contributed by atoms with E-state index in [1.165, 1.54) is 19.3 Å². The fraction of sp³-hybridized carbons (Fsp3) is 0.636. The minimum absolute atomic E-state index is 0.0981. The van der Waals surface area contributed by atoms with Gasteiger partial charge in [-0.1, -0.05) is 12.8 Å². The number of nitrogen functional groups attached to an aromatic ring is 1. The minimum atomic E-state index is -0.579. The Bertz CT molecular complexity index is 470. The van der Waals surface area contributed by atoms with Crippen molar-refractivity contribution in [3.05, 3.63) is 16.3 Å². The van der Waals surface area contributed by atoms with Gasteiger partial charge in [-0.05, 0) is 19.1 Å². The van der Waals surface area contributed by atoms with Crippen molar-refractivity contribution in [2.24, 2.45) is 0 Å². The number of nitrogens with zero attached hydrogens (tertiary/aromatic N) is 3. The highest BCUT2D eigenvalue weighted by Crippen LogP contribution is 2.29. The van der Waals surface area contributed by atoms with Gasteiger partial charge < -0.3 is 11.1 Å². The molecule has 1 aliphatic carbocycles. The second-order valence-electron chi connectivity index (χ2n) is 4.53. The molecule has 1 heterocycles. The zero-order chi connectivity index (χ0) is 13.8. The molecule has 1 aliphatic rings. The fourth-order valence-corrected chi connectivity index (χ4v) is 3.24. The average Bonchev–Trinajstić information content (AvgIpc) is 2.39. The first-order valence-corrected chi connectivity index (χ1v) is 7.47. The van der Waals surface area contributed by atoms with E-state index < -0.39 is 4.92 Å². The second-order valence-corrected chi connectivity index (χ2v) is 5.61. The lowest BCUT2D eigenvalue weighted by molar-refractivity contribution is -0.384. The maximum Gasteiger partial charge on any atom is 0.329 e. The Hall–Kier alpha value is -1.57. The van der Waals surface area contributed by atoms with Gasteiger partial charge in [0.05, 0.1) is 4.92 Å². The van der Waals surface area contributed by atoms with Crippen LogP contribution in [0.4, 0.5) is 17.5 Å². The van der Waals surface area contributed by atoms with Crippen molar-refractivity contribution >= 4 is 29.2 Å². The molecule has 2 atom stereocenters. The maximum absolute atomic E-state index is 10.6. The number of aromatic nitrogens is 2. The molecule has 2 rings (SSSR count). The van der Waals surface area contributed by atoms with Gasteiger partial charge in [0.25, 0.3) is 0 Å². The van der Waals surface area contributed by atoms with Crippen LogP contribution < -0.4 is 11.1 Å².